The lowest BCUT2D eigenvalue weighted by atomic mass is 10.1. The number of amides is 1. The van der Waals surface area contributed by atoms with Crippen molar-refractivity contribution in [2.24, 2.45) is 0 Å². The van der Waals surface area contributed by atoms with E-state index in [0.717, 1.165) is 26.0 Å². The van der Waals surface area contributed by atoms with Gasteiger partial charge < -0.3 is 4.90 Å². The molecule has 0 saturated heterocycles. The molecule has 7 heteroatoms. The second-order valence-electron chi connectivity index (χ2n) is 7.16. The van der Waals surface area contributed by atoms with Crippen LogP contribution in [0.4, 0.5) is 0 Å². The van der Waals surface area contributed by atoms with Gasteiger partial charge in [-0.3, -0.25) is 14.2 Å². The van der Waals surface area contributed by atoms with Gasteiger partial charge in [-0.05, 0) is 35.7 Å². The van der Waals surface area contributed by atoms with Crippen molar-refractivity contribution in [2.75, 3.05) is 7.05 Å². The summed E-state index contributed by atoms with van der Waals surface area (Å²) >= 11 is 4.91. The summed E-state index contributed by atoms with van der Waals surface area (Å²) in [4.78, 5) is 33.6. The minimum Gasteiger partial charge on any atom is -0.340 e. The highest BCUT2D eigenvalue weighted by molar-refractivity contribution is 9.10. The predicted molar refractivity (Wildman–Crippen MR) is 125 cm³/mol. The van der Waals surface area contributed by atoms with Crippen molar-refractivity contribution in [3.8, 4) is 10.4 Å². The van der Waals surface area contributed by atoms with Gasteiger partial charge in [-0.25, -0.2) is 4.98 Å². The van der Waals surface area contributed by atoms with Gasteiger partial charge in [0, 0.05) is 22.9 Å². The van der Waals surface area contributed by atoms with Gasteiger partial charge in [0.05, 0.1) is 11.7 Å². The maximum atomic E-state index is 13.1. The van der Waals surface area contributed by atoms with Crippen LogP contribution in [0, 0.1) is 6.92 Å². The van der Waals surface area contributed by atoms with E-state index in [2.05, 4.69) is 20.9 Å². The molecule has 2 heterocycles. The number of carbonyl (C=O) groups is 1. The summed E-state index contributed by atoms with van der Waals surface area (Å²) < 4.78 is 2.39. The average molecular weight is 482 g/mol. The van der Waals surface area contributed by atoms with Gasteiger partial charge in [0.1, 0.15) is 11.4 Å². The first kappa shape index (κ1) is 20.5. The van der Waals surface area contributed by atoms with E-state index in [1.807, 2.05) is 61.5 Å². The Morgan fingerprint density at radius 1 is 1.13 bits per heavy atom. The van der Waals surface area contributed by atoms with Gasteiger partial charge in [0.25, 0.3) is 5.56 Å². The third-order valence-corrected chi connectivity index (χ3v) is 6.80. The van der Waals surface area contributed by atoms with Gasteiger partial charge in [-0.1, -0.05) is 58.4 Å². The Morgan fingerprint density at radius 2 is 1.83 bits per heavy atom. The molecule has 30 heavy (non-hydrogen) atoms. The Kier molecular flexibility index (Phi) is 5.83. The largest absolute Gasteiger partial charge is 0.340 e. The molecule has 0 spiro atoms. The van der Waals surface area contributed by atoms with Crippen molar-refractivity contribution in [3.63, 3.8) is 0 Å². The summed E-state index contributed by atoms with van der Waals surface area (Å²) in [5.41, 5.74) is 2.82. The molecule has 0 atom stereocenters. The van der Waals surface area contributed by atoms with Crippen molar-refractivity contribution in [1.29, 1.82) is 0 Å². The van der Waals surface area contributed by atoms with E-state index in [1.54, 1.807) is 11.9 Å². The Balaban J connectivity index is 1.59. The Bertz CT molecular complexity index is 1260. The topological polar surface area (TPSA) is 55.2 Å². The minimum absolute atomic E-state index is 0.0369. The summed E-state index contributed by atoms with van der Waals surface area (Å²) in [5.74, 6) is -0.141. The molecular weight excluding hydrogens is 462 g/mol. The fraction of sp³-hybridized carbons (Fsp3) is 0.174. The van der Waals surface area contributed by atoms with Crippen LogP contribution in [0.5, 0.6) is 0 Å². The number of hydrogen-bond acceptors (Lipinski definition) is 4. The van der Waals surface area contributed by atoms with Gasteiger partial charge in [0.2, 0.25) is 5.91 Å². The highest BCUT2D eigenvalue weighted by atomic mass is 79.9. The highest BCUT2D eigenvalue weighted by Gasteiger charge is 2.18. The number of rotatable bonds is 5. The Morgan fingerprint density at radius 3 is 2.53 bits per heavy atom. The molecule has 2 aromatic heterocycles. The normalized spacial score (nSPS) is 11.0. The van der Waals surface area contributed by atoms with E-state index in [0.29, 0.717) is 16.8 Å². The number of carbonyl (C=O) groups excluding carboxylic acids is 1. The number of halogens is 1. The second kappa shape index (κ2) is 8.53. The van der Waals surface area contributed by atoms with E-state index in [4.69, 9.17) is 0 Å². The third-order valence-electron chi connectivity index (χ3n) is 5.02. The van der Waals surface area contributed by atoms with Crippen LogP contribution in [-0.4, -0.2) is 27.4 Å². The molecule has 1 amide bonds. The van der Waals surface area contributed by atoms with E-state index < -0.39 is 0 Å². The number of hydrogen-bond donors (Lipinski definition) is 0. The molecule has 0 fully saturated rings. The van der Waals surface area contributed by atoms with Crippen LogP contribution < -0.4 is 5.56 Å². The minimum atomic E-state index is -0.179. The maximum Gasteiger partial charge on any atom is 0.262 e. The molecule has 0 N–H and O–H groups in total. The molecule has 0 aliphatic rings. The zero-order valence-corrected chi connectivity index (χ0v) is 19.0. The molecule has 0 aliphatic heterocycles. The molecule has 0 bridgehead atoms. The smallest absolute Gasteiger partial charge is 0.262 e. The third kappa shape index (κ3) is 4.08. The zero-order chi connectivity index (χ0) is 21.3. The second-order valence-corrected chi connectivity index (χ2v) is 9.07. The van der Waals surface area contributed by atoms with Crippen molar-refractivity contribution in [3.05, 3.63) is 86.9 Å². The number of benzene rings is 2. The summed E-state index contributed by atoms with van der Waals surface area (Å²) in [6, 6.07) is 17.8. The monoisotopic (exact) mass is 481 g/mol. The molecule has 4 aromatic rings. The predicted octanol–water partition coefficient (Wildman–Crippen LogP) is 4.85. The van der Waals surface area contributed by atoms with Crippen LogP contribution in [0.25, 0.3) is 20.7 Å². The summed E-state index contributed by atoms with van der Waals surface area (Å²) in [5, 5.41) is 0.588. The van der Waals surface area contributed by atoms with E-state index in [1.165, 1.54) is 22.2 Å². The van der Waals surface area contributed by atoms with Crippen LogP contribution >= 0.6 is 27.3 Å². The highest BCUT2D eigenvalue weighted by Crippen LogP contribution is 2.35. The van der Waals surface area contributed by atoms with Crippen LogP contribution in [0.1, 0.15) is 11.1 Å². The molecule has 0 unspecified atom stereocenters. The number of likely N-dealkylation sites (N-methyl/N-ethyl adjacent to an activating group) is 1. The molecule has 4 rings (SSSR count). The fourth-order valence-electron chi connectivity index (χ4n) is 3.36. The number of nitrogens with zero attached hydrogens (tertiary/aromatic N) is 3. The molecule has 0 aliphatic carbocycles. The van der Waals surface area contributed by atoms with Gasteiger partial charge in [-0.2, -0.15) is 0 Å². The maximum absolute atomic E-state index is 13.1. The lowest BCUT2D eigenvalue weighted by Gasteiger charge is -2.18. The van der Waals surface area contributed by atoms with Crippen LogP contribution in [0.15, 0.2) is 70.2 Å². The average Bonchev–Trinajstić information content (AvgIpc) is 3.09. The van der Waals surface area contributed by atoms with Gasteiger partial charge >= 0.3 is 0 Å². The van der Waals surface area contributed by atoms with E-state index in [-0.39, 0.29) is 18.0 Å². The fourth-order valence-corrected chi connectivity index (χ4v) is 4.76. The van der Waals surface area contributed by atoms with Gasteiger partial charge in [-0.15, -0.1) is 11.3 Å². The van der Waals surface area contributed by atoms with Crippen LogP contribution in [-0.2, 0) is 17.9 Å². The van der Waals surface area contributed by atoms with Crippen molar-refractivity contribution >= 4 is 43.4 Å². The van der Waals surface area contributed by atoms with Gasteiger partial charge in [0.15, 0.2) is 0 Å². The zero-order valence-electron chi connectivity index (χ0n) is 16.6. The first-order chi connectivity index (χ1) is 14.4. The van der Waals surface area contributed by atoms with E-state index in [9.17, 15) is 9.59 Å². The first-order valence-corrected chi connectivity index (χ1v) is 11.1. The van der Waals surface area contributed by atoms with Crippen molar-refractivity contribution in [2.45, 2.75) is 20.0 Å². The number of fused-ring (bicyclic) bond motifs is 1. The summed E-state index contributed by atoms with van der Waals surface area (Å²) in [7, 11) is 1.74. The summed E-state index contributed by atoms with van der Waals surface area (Å²) in [6.45, 7) is 2.38. The summed E-state index contributed by atoms with van der Waals surface area (Å²) in [6.07, 6.45) is 1.47. The number of thiophene rings is 1. The van der Waals surface area contributed by atoms with Crippen LogP contribution in [0.3, 0.4) is 0 Å². The molecule has 2 aromatic carbocycles. The number of aryl methyl sites for hydroxylation is 1. The Labute approximate surface area is 186 Å². The number of aromatic nitrogens is 2. The first-order valence-electron chi connectivity index (χ1n) is 9.46. The molecule has 5 nitrogen and oxygen atoms in total. The van der Waals surface area contributed by atoms with Crippen LogP contribution in [0.2, 0.25) is 0 Å². The van der Waals surface area contributed by atoms with E-state index >= 15 is 0 Å². The molecular formula is C23H20BrN3O2S. The van der Waals surface area contributed by atoms with Crippen molar-refractivity contribution < 1.29 is 4.79 Å². The quantitative estimate of drug-likeness (QED) is 0.409. The standard InChI is InChI=1S/C23H20BrN3O2S/c1-15-20-22(30-21(15)17-6-4-3-5-7-17)25-14-27(23(20)29)13-19(28)26(2)12-16-8-10-18(24)11-9-16/h3-11,14H,12-13H2,1-2H3. The lowest BCUT2D eigenvalue weighted by molar-refractivity contribution is -0.131. The lowest BCUT2D eigenvalue weighted by Crippen LogP contribution is -2.33. The Hall–Kier alpha value is -2.77. The molecule has 0 radical (unpaired) electrons. The molecule has 0 saturated carbocycles. The SMILES string of the molecule is Cc1c(-c2ccccc2)sc2ncn(CC(=O)N(C)Cc3ccc(Br)cc3)c(=O)c12. The molecule has 152 valence electrons. The van der Waals surface area contributed by atoms with Crippen molar-refractivity contribution in [1.82, 2.24) is 14.5 Å².